The highest BCUT2D eigenvalue weighted by Gasteiger charge is 2.29. The molecule has 0 atom stereocenters. The normalized spacial score (nSPS) is 18.4. The molecule has 152 valence electrons. The molecule has 2 aromatic heterocycles. The first-order chi connectivity index (χ1) is 13.6. The van der Waals surface area contributed by atoms with E-state index in [9.17, 15) is 4.79 Å². The Balaban J connectivity index is 1.33. The lowest BCUT2D eigenvalue weighted by molar-refractivity contribution is -0.133. The Bertz CT molecular complexity index is 803. The predicted octanol–water partition coefficient (Wildman–Crippen LogP) is 1.80. The topological polar surface area (TPSA) is 72.1 Å². The summed E-state index contributed by atoms with van der Waals surface area (Å²) in [5.41, 5.74) is 1.12. The van der Waals surface area contributed by atoms with Gasteiger partial charge in [0.1, 0.15) is 5.82 Å². The molecule has 4 heterocycles. The minimum Gasteiger partial charge on any atom is -0.333 e. The van der Waals surface area contributed by atoms with Crippen molar-refractivity contribution in [1.82, 2.24) is 34.3 Å². The van der Waals surface area contributed by atoms with Crippen LogP contribution in [-0.2, 0) is 24.4 Å². The molecule has 1 amide bonds. The van der Waals surface area contributed by atoms with Crippen LogP contribution >= 0.6 is 0 Å². The van der Waals surface area contributed by atoms with Gasteiger partial charge in [-0.2, -0.15) is 5.10 Å². The van der Waals surface area contributed by atoms with Crippen molar-refractivity contribution in [3.8, 4) is 0 Å². The summed E-state index contributed by atoms with van der Waals surface area (Å²) in [6.45, 7) is 10.5. The van der Waals surface area contributed by atoms with Crippen LogP contribution in [0.4, 0.5) is 0 Å². The number of aryl methyl sites for hydroxylation is 2. The number of likely N-dealkylation sites (tertiary alicyclic amines) is 1. The number of rotatable bonds is 6. The number of hydrogen-bond donors (Lipinski definition) is 0. The van der Waals surface area contributed by atoms with Crippen LogP contribution in [0.3, 0.4) is 0 Å². The Hall–Kier alpha value is -2.22. The number of nitrogens with zero attached hydrogens (tertiary/aromatic N) is 7. The third-order valence-corrected chi connectivity index (χ3v) is 5.94. The van der Waals surface area contributed by atoms with Crippen molar-refractivity contribution in [3.63, 3.8) is 0 Å². The maximum Gasteiger partial charge on any atom is 0.224 e. The minimum atomic E-state index is 0.164. The van der Waals surface area contributed by atoms with Crippen LogP contribution in [0, 0.1) is 6.92 Å². The quantitative estimate of drug-likeness (QED) is 0.758. The van der Waals surface area contributed by atoms with E-state index >= 15 is 0 Å². The lowest BCUT2D eigenvalue weighted by Crippen LogP contribution is -2.40. The Labute approximate surface area is 166 Å². The molecular weight excluding hydrogens is 354 g/mol. The SMILES string of the molecule is CCCN1CCC(c2nnc3n2CCN(C(=O)CCn2cc(C)cn2)C3)CC1. The van der Waals surface area contributed by atoms with Gasteiger partial charge in [-0.05, 0) is 51.4 Å². The first-order valence-electron chi connectivity index (χ1n) is 10.5. The van der Waals surface area contributed by atoms with Crippen LogP contribution in [0.2, 0.25) is 0 Å². The van der Waals surface area contributed by atoms with Crippen LogP contribution in [0.1, 0.15) is 55.7 Å². The van der Waals surface area contributed by atoms with Gasteiger partial charge in [-0.15, -0.1) is 10.2 Å². The van der Waals surface area contributed by atoms with Crippen molar-refractivity contribution >= 4 is 5.91 Å². The lowest BCUT2D eigenvalue weighted by atomic mass is 9.95. The second-order valence-electron chi connectivity index (χ2n) is 8.09. The zero-order chi connectivity index (χ0) is 19.5. The molecule has 0 spiro atoms. The van der Waals surface area contributed by atoms with E-state index in [1.807, 2.05) is 28.9 Å². The molecule has 4 rings (SSSR count). The number of amides is 1. The summed E-state index contributed by atoms with van der Waals surface area (Å²) in [5, 5.41) is 13.2. The molecule has 0 aliphatic carbocycles. The highest BCUT2D eigenvalue weighted by molar-refractivity contribution is 5.76. The summed E-state index contributed by atoms with van der Waals surface area (Å²) in [7, 11) is 0. The van der Waals surface area contributed by atoms with Crippen molar-refractivity contribution in [2.45, 2.75) is 65.1 Å². The van der Waals surface area contributed by atoms with Gasteiger partial charge < -0.3 is 14.4 Å². The van der Waals surface area contributed by atoms with Crippen molar-refractivity contribution < 1.29 is 4.79 Å². The number of hydrogen-bond acceptors (Lipinski definition) is 5. The Morgan fingerprint density at radius 3 is 2.68 bits per heavy atom. The van der Waals surface area contributed by atoms with Gasteiger partial charge in [0, 0.05) is 38.2 Å². The van der Waals surface area contributed by atoms with Crippen LogP contribution in [-0.4, -0.2) is 66.4 Å². The van der Waals surface area contributed by atoms with Gasteiger partial charge in [0.2, 0.25) is 5.91 Å². The molecule has 0 bridgehead atoms. The van der Waals surface area contributed by atoms with E-state index in [1.165, 1.54) is 13.0 Å². The van der Waals surface area contributed by atoms with E-state index in [2.05, 4.69) is 31.7 Å². The van der Waals surface area contributed by atoms with E-state index in [1.54, 1.807) is 0 Å². The first kappa shape index (κ1) is 19.1. The van der Waals surface area contributed by atoms with Gasteiger partial charge in [-0.3, -0.25) is 9.48 Å². The summed E-state index contributed by atoms with van der Waals surface area (Å²) in [5.74, 6) is 2.72. The monoisotopic (exact) mass is 385 g/mol. The third-order valence-electron chi connectivity index (χ3n) is 5.94. The minimum absolute atomic E-state index is 0.164. The highest BCUT2D eigenvalue weighted by Crippen LogP contribution is 2.28. The molecular formula is C20H31N7O. The number of fused-ring (bicyclic) bond motifs is 1. The third kappa shape index (κ3) is 4.11. The number of piperidine rings is 1. The van der Waals surface area contributed by atoms with Gasteiger partial charge >= 0.3 is 0 Å². The van der Waals surface area contributed by atoms with Crippen molar-refractivity contribution in [3.05, 3.63) is 29.6 Å². The molecule has 2 aromatic rings. The fourth-order valence-corrected chi connectivity index (χ4v) is 4.38. The number of carbonyl (C=O) groups is 1. The van der Waals surface area contributed by atoms with Crippen molar-refractivity contribution in [2.24, 2.45) is 0 Å². The zero-order valence-electron chi connectivity index (χ0n) is 17.0. The van der Waals surface area contributed by atoms with Crippen molar-refractivity contribution in [2.75, 3.05) is 26.2 Å². The maximum atomic E-state index is 12.6. The molecule has 0 saturated carbocycles. The molecule has 2 aliphatic rings. The molecule has 0 radical (unpaired) electrons. The number of aromatic nitrogens is 5. The van der Waals surface area contributed by atoms with E-state index in [0.29, 0.717) is 25.4 Å². The zero-order valence-corrected chi connectivity index (χ0v) is 17.0. The Kier molecular flexibility index (Phi) is 5.75. The molecule has 1 saturated heterocycles. The molecule has 8 heteroatoms. The molecule has 0 N–H and O–H groups in total. The van der Waals surface area contributed by atoms with Gasteiger partial charge in [-0.1, -0.05) is 6.92 Å². The standard InChI is InChI=1S/C20H31N7O/c1-3-7-24-8-4-17(5-9-24)20-23-22-18-15-25(11-12-27(18)20)19(28)6-10-26-14-16(2)13-21-26/h13-14,17H,3-12,15H2,1-2H3. The summed E-state index contributed by atoms with van der Waals surface area (Å²) >= 11 is 0. The summed E-state index contributed by atoms with van der Waals surface area (Å²) < 4.78 is 4.10. The van der Waals surface area contributed by atoms with E-state index in [0.717, 1.165) is 56.2 Å². The van der Waals surface area contributed by atoms with E-state index in [4.69, 9.17) is 0 Å². The first-order valence-corrected chi connectivity index (χ1v) is 10.5. The molecule has 28 heavy (non-hydrogen) atoms. The average molecular weight is 386 g/mol. The van der Waals surface area contributed by atoms with Gasteiger partial charge in [0.05, 0.1) is 12.7 Å². The molecule has 0 aromatic carbocycles. The summed E-state index contributed by atoms with van der Waals surface area (Å²) in [4.78, 5) is 17.1. The van der Waals surface area contributed by atoms with Crippen LogP contribution in [0.5, 0.6) is 0 Å². The largest absolute Gasteiger partial charge is 0.333 e. The van der Waals surface area contributed by atoms with E-state index in [-0.39, 0.29) is 5.91 Å². The van der Waals surface area contributed by atoms with E-state index < -0.39 is 0 Å². The fourth-order valence-electron chi connectivity index (χ4n) is 4.38. The number of carbonyl (C=O) groups excluding carboxylic acids is 1. The van der Waals surface area contributed by atoms with Crippen LogP contribution in [0.15, 0.2) is 12.4 Å². The average Bonchev–Trinajstić information content (AvgIpc) is 3.32. The Morgan fingerprint density at radius 1 is 1.14 bits per heavy atom. The molecule has 2 aliphatic heterocycles. The molecule has 8 nitrogen and oxygen atoms in total. The van der Waals surface area contributed by atoms with Crippen LogP contribution in [0.25, 0.3) is 0 Å². The van der Waals surface area contributed by atoms with Gasteiger partial charge in [-0.25, -0.2) is 0 Å². The van der Waals surface area contributed by atoms with Gasteiger partial charge in [0.25, 0.3) is 0 Å². The van der Waals surface area contributed by atoms with Crippen LogP contribution < -0.4 is 0 Å². The van der Waals surface area contributed by atoms with Crippen molar-refractivity contribution in [1.29, 1.82) is 0 Å². The van der Waals surface area contributed by atoms with Gasteiger partial charge in [0.15, 0.2) is 5.82 Å². The summed E-state index contributed by atoms with van der Waals surface area (Å²) in [6.07, 6.45) is 7.79. The molecule has 0 unspecified atom stereocenters. The Morgan fingerprint density at radius 2 is 1.96 bits per heavy atom. The fraction of sp³-hybridized carbons (Fsp3) is 0.700. The molecule has 1 fully saturated rings. The predicted molar refractivity (Wildman–Crippen MR) is 106 cm³/mol. The second kappa shape index (κ2) is 8.43. The second-order valence-corrected chi connectivity index (χ2v) is 8.09. The summed E-state index contributed by atoms with van der Waals surface area (Å²) in [6, 6.07) is 0. The lowest BCUT2D eigenvalue weighted by Gasteiger charge is -2.33. The smallest absolute Gasteiger partial charge is 0.224 e. The highest BCUT2D eigenvalue weighted by atomic mass is 16.2. The maximum absolute atomic E-state index is 12.6.